The lowest BCUT2D eigenvalue weighted by Gasteiger charge is -2.63. The Labute approximate surface area is 422 Å². The number of thiazole rings is 1. The number of Topliss-reactive ketones (excluding diaryl/α,β-unsaturated/α-hetero) is 1. The monoisotopic (exact) mass is 992 g/mol. The molecule has 3 aromatic carbocycles. The zero-order valence-electron chi connectivity index (χ0n) is 42.0. The number of nitrogens with zero attached hydrogens (tertiary/aromatic N) is 4. The van der Waals surface area contributed by atoms with Gasteiger partial charge in [-0.3, -0.25) is 19.2 Å². The van der Waals surface area contributed by atoms with Gasteiger partial charge in [0.05, 0.1) is 38.8 Å². The Kier molecular flexibility index (Phi) is 16.2. The summed E-state index contributed by atoms with van der Waals surface area (Å²) in [7, 11) is 0. The van der Waals surface area contributed by atoms with E-state index in [0.717, 1.165) is 59.7 Å². The molecule has 3 N–H and O–H groups in total. The van der Waals surface area contributed by atoms with Crippen LogP contribution in [0.15, 0.2) is 72.2 Å². The van der Waals surface area contributed by atoms with Crippen LogP contribution in [-0.4, -0.2) is 95.6 Å². The summed E-state index contributed by atoms with van der Waals surface area (Å²) in [4.78, 5) is 64.0. The maximum atomic E-state index is 14.1. The number of β-amino-alcohol motifs (C(OH)–C–C–N with tert-alkyl or cyclic N) is 1. The van der Waals surface area contributed by atoms with Crippen molar-refractivity contribution in [3.8, 4) is 22.3 Å². The number of likely N-dealkylation sites (tertiary alicyclic amines) is 1. The van der Waals surface area contributed by atoms with E-state index in [9.17, 15) is 29.5 Å². The summed E-state index contributed by atoms with van der Waals surface area (Å²) >= 11 is 7.85. The van der Waals surface area contributed by atoms with Gasteiger partial charge >= 0.3 is 0 Å². The minimum atomic E-state index is -0.946. The van der Waals surface area contributed by atoms with E-state index in [1.165, 1.54) is 4.90 Å². The number of aliphatic hydroxyl groups excluding tert-OH is 1. The number of carbonyl (C=O) groups is 4. The molecule has 4 aromatic rings. The molecule has 1 saturated carbocycles. The molecule has 0 unspecified atom stereocenters. The van der Waals surface area contributed by atoms with Gasteiger partial charge in [-0.25, -0.2) is 4.98 Å². The second-order valence-corrected chi connectivity index (χ2v) is 23.0. The molecular weight excluding hydrogens is 924 g/mol. The molecule has 4 atom stereocenters. The summed E-state index contributed by atoms with van der Waals surface area (Å²) in [6.45, 7) is 20.0. The topological polar surface area (TPSA) is 174 Å². The van der Waals surface area contributed by atoms with Gasteiger partial charge in [0, 0.05) is 67.2 Å². The first-order valence-electron chi connectivity index (χ1n) is 24.5. The highest BCUT2D eigenvalue weighted by Crippen LogP contribution is 2.62. The van der Waals surface area contributed by atoms with Gasteiger partial charge in [0.15, 0.2) is 5.78 Å². The number of halogens is 1. The van der Waals surface area contributed by atoms with Crippen molar-refractivity contribution in [1.29, 1.82) is 5.26 Å². The van der Waals surface area contributed by atoms with Crippen molar-refractivity contribution in [3.63, 3.8) is 0 Å². The first kappa shape index (κ1) is 52.5. The molecule has 7 rings (SSSR count). The molecule has 3 aliphatic rings. The lowest BCUT2D eigenvalue weighted by molar-refractivity contribution is -0.196. The molecule has 70 heavy (non-hydrogen) atoms. The second-order valence-electron chi connectivity index (χ2n) is 21.8. The molecule has 1 aromatic heterocycles. The number of anilines is 1. The molecule has 0 radical (unpaired) electrons. The lowest BCUT2D eigenvalue weighted by atomic mass is 9.44. The average molecular weight is 994 g/mol. The number of hydrogen-bond donors (Lipinski definition) is 3. The predicted octanol–water partition coefficient (Wildman–Crippen LogP) is 9.34. The number of carbonyl (C=O) groups excluding carboxylic acids is 4. The molecule has 3 fully saturated rings. The smallest absolute Gasteiger partial charge is 0.246 e. The molecule has 3 amide bonds. The summed E-state index contributed by atoms with van der Waals surface area (Å²) in [6.07, 6.45) is 2.24. The van der Waals surface area contributed by atoms with E-state index < -0.39 is 35.4 Å². The van der Waals surface area contributed by atoms with Gasteiger partial charge in [-0.2, -0.15) is 5.26 Å². The van der Waals surface area contributed by atoms with Crippen molar-refractivity contribution in [1.82, 2.24) is 20.5 Å². The van der Waals surface area contributed by atoms with Crippen LogP contribution in [0.25, 0.3) is 10.4 Å². The Balaban J connectivity index is 0.831. The van der Waals surface area contributed by atoms with Gasteiger partial charge in [-0.15, -0.1) is 11.3 Å². The van der Waals surface area contributed by atoms with Crippen LogP contribution in [-0.2, 0) is 19.1 Å². The average Bonchev–Trinajstić information content (AvgIpc) is 3.95. The largest absolute Gasteiger partial charge is 0.489 e. The van der Waals surface area contributed by atoms with Gasteiger partial charge in [0.25, 0.3) is 0 Å². The fourth-order valence-electron chi connectivity index (χ4n) is 11.1. The number of aryl methyl sites for hydroxylation is 1. The normalized spacial score (nSPS) is 21.8. The number of hydrogen-bond acceptors (Lipinski definition) is 11. The molecule has 13 nitrogen and oxygen atoms in total. The number of nitriles is 1. The first-order chi connectivity index (χ1) is 33.1. The number of aromatic nitrogens is 1. The van der Waals surface area contributed by atoms with Crippen LogP contribution >= 0.6 is 22.9 Å². The highest BCUT2D eigenvalue weighted by molar-refractivity contribution is 7.13. The minimum Gasteiger partial charge on any atom is -0.489 e. The van der Waals surface area contributed by atoms with E-state index in [1.807, 2.05) is 88.7 Å². The summed E-state index contributed by atoms with van der Waals surface area (Å²) in [5, 5.41) is 26.2. The lowest BCUT2D eigenvalue weighted by Crippen LogP contribution is -2.66. The first-order valence-corrected chi connectivity index (χ1v) is 25.7. The Hall–Kier alpha value is -5.33. The minimum absolute atomic E-state index is 0.00706. The quantitative estimate of drug-likeness (QED) is 0.0683. The van der Waals surface area contributed by atoms with E-state index in [-0.39, 0.29) is 60.2 Å². The fourth-order valence-corrected chi connectivity index (χ4v) is 12.1. The van der Waals surface area contributed by atoms with Crippen LogP contribution in [0.3, 0.4) is 0 Å². The zero-order chi connectivity index (χ0) is 50.7. The van der Waals surface area contributed by atoms with Gasteiger partial charge in [-0.1, -0.05) is 84.3 Å². The highest BCUT2D eigenvalue weighted by atomic mass is 35.5. The second kappa shape index (κ2) is 21.6. The number of ketones is 1. The van der Waals surface area contributed by atoms with Crippen molar-refractivity contribution in [2.75, 3.05) is 37.7 Å². The van der Waals surface area contributed by atoms with E-state index in [4.69, 9.17) is 21.1 Å². The van der Waals surface area contributed by atoms with Crippen LogP contribution in [0, 0.1) is 46.3 Å². The van der Waals surface area contributed by atoms with Crippen LogP contribution in [0.5, 0.6) is 5.75 Å². The van der Waals surface area contributed by atoms with Crippen molar-refractivity contribution in [3.05, 3.63) is 99.6 Å². The van der Waals surface area contributed by atoms with E-state index in [2.05, 4.69) is 54.3 Å². The molecule has 2 saturated heterocycles. The molecule has 15 heteroatoms. The molecular formula is C55H69ClN6O7S. The SMILES string of the molecule is Cc1ncsc1-c1ccc([C@H](C)NC(=O)[C@@H]2C[C@@H](O)CN2C(=O)[C@@H](NC(=O)COCCC2CCN(c3ccc(C(=O)CC4C(C)(C)C(Oc5ccc(C#N)c(Cl)c5)C4(C)C)cc3)CC2)C(C)(C)C)cc1. The number of aliphatic hydroxyl groups is 1. The Morgan fingerprint density at radius 3 is 2.26 bits per heavy atom. The molecule has 3 heterocycles. The number of benzene rings is 3. The third-order valence-corrected chi connectivity index (χ3v) is 16.3. The van der Waals surface area contributed by atoms with Crippen molar-refractivity contribution < 1.29 is 33.8 Å². The van der Waals surface area contributed by atoms with Crippen LogP contribution in [0.2, 0.25) is 5.02 Å². The number of rotatable bonds is 17. The van der Waals surface area contributed by atoms with Crippen LogP contribution in [0.4, 0.5) is 5.69 Å². The van der Waals surface area contributed by atoms with E-state index in [1.54, 1.807) is 29.5 Å². The number of amides is 3. The molecule has 1 aliphatic carbocycles. The third kappa shape index (κ3) is 11.7. The standard InChI is InChI=1S/C55H69ClN6O7S/c1-33(36-10-12-38(13-11-36)48-34(2)58-32-70-48)59-50(66)44-26-41(63)30-62(44)51(67)49(53(3,4)5)60-47(65)31-68-25-22-35-20-23-61(24-21-35)40-17-14-37(15-18-40)45(64)28-46-54(6,7)52(55(46,8)9)69-42-19-16-39(29-57)43(56)27-42/h10-19,27,32-33,35,41,44,46,49,52,63H,20-26,28,30-31H2,1-9H3,(H,59,66)(H,60,65)/t33-,41+,44-,46?,49+,52?/m0/s1. The van der Waals surface area contributed by atoms with Gasteiger partial charge in [0.2, 0.25) is 17.7 Å². The van der Waals surface area contributed by atoms with Crippen LogP contribution < -0.4 is 20.3 Å². The zero-order valence-corrected chi connectivity index (χ0v) is 43.6. The number of ether oxygens (including phenoxy) is 2. The Morgan fingerprint density at radius 1 is 0.986 bits per heavy atom. The fraction of sp³-hybridized carbons (Fsp3) is 0.527. The van der Waals surface area contributed by atoms with Gasteiger partial charge < -0.3 is 35.0 Å². The number of piperidine rings is 1. The molecule has 0 bridgehead atoms. The molecule has 2 aliphatic heterocycles. The highest BCUT2D eigenvalue weighted by Gasteiger charge is 2.63. The predicted molar refractivity (Wildman–Crippen MR) is 274 cm³/mol. The summed E-state index contributed by atoms with van der Waals surface area (Å²) in [6, 6.07) is 20.9. The molecule has 0 spiro atoms. The third-order valence-electron chi connectivity index (χ3n) is 15.0. The maximum Gasteiger partial charge on any atom is 0.246 e. The van der Waals surface area contributed by atoms with Crippen molar-refractivity contribution in [2.24, 2.45) is 28.1 Å². The Bertz CT molecular complexity index is 2540. The van der Waals surface area contributed by atoms with Gasteiger partial charge in [0.1, 0.15) is 36.6 Å². The maximum absolute atomic E-state index is 14.1. The Morgan fingerprint density at radius 2 is 1.66 bits per heavy atom. The van der Waals surface area contributed by atoms with Crippen LogP contribution in [0.1, 0.15) is 121 Å². The molecule has 374 valence electrons. The van der Waals surface area contributed by atoms with Gasteiger partial charge in [-0.05, 0) is 97.9 Å². The summed E-state index contributed by atoms with van der Waals surface area (Å²) < 4.78 is 12.3. The van der Waals surface area contributed by atoms with Crippen molar-refractivity contribution in [2.45, 2.75) is 125 Å². The number of nitrogens with one attached hydrogen (secondary N) is 2. The summed E-state index contributed by atoms with van der Waals surface area (Å²) in [5.41, 5.74) is 5.71. The van der Waals surface area contributed by atoms with E-state index in [0.29, 0.717) is 40.8 Å². The van der Waals surface area contributed by atoms with E-state index >= 15 is 0 Å². The summed E-state index contributed by atoms with van der Waals surface area (Å²) in [5.74, 6) is 0.0568. The van der Waals surface area contributed by atoms with Crippen molar-refractivity contribution >= 4 is 52.1 Å².